The van der Waals surface area contributed by atoms with Crippen LogP contribution in [0.5, 0.6) is 0 Å². The van der Waals surface area contributed by atoms with Gasteiger partial charge < -0.3 is 0 Å². The third kappa shape index (κ3) is 1.66. The van der Waals surface area contributed by atoms with E-state index in [1.54, 1.807) is 0 Å². The third-order valence-corrected chi connectivity index (χ3v) is 3.41. The fourth-order valence-corrected chi connectivity index (χ4v) is 2.50. The molecule has 0 atom stereocenters. The second kappa shape index (κ2) is 3.98. The third-order valence-electron chi connectivity index (χ3n) is 3.41. The zero-order valence-corrected chi connectivity index (χ0v) is 9.99. The van der Waals surface area contributed by atoms with E-state index in [1.807, 2.05) is 11.4 Å². The van der Waals surface area contributed by atoms with Crippen LogP contribution in [0.25, 0.3) is 5.78 Å². The molecule has 0 aromatic carbocycles. The van der Waals surface area contributed by atoms with Crippen LogP contribution in [0, 0.1) is 0 Å². The molecule has 0 spiro atoms. The van der Waals surface area contributed by atoms with Gasteiger partial charge in [0.2, 0.25) is 5.78 Å². The summed E-state index contributed by atoms with van der Waals surface area (Å²) < 4.78 is 1.83. The van der Waals surface area contributed by atoms with Gasteiger partial charge in [0.25, 0.3) is 5.56 Å². The average molecular weight is 232 g/mol. The molecule has 5 nitrogen and oxygen atoms in total. The minimum atomic E-state index is 0.0180. The van der Waals surface area contributed by atoms with Gasteiger partial charge in [-0.2, -0.15) is 4.98 Å². The minimum absolute atomic E-state index is 0.0180. The van der Waals surface area contributed by atoms with Crippen molar-refractivity contribution in [1.82, 2.24) is 19.6 Å². The monoisotopic (exact) mass is 232 g/mol. The summed E-state index contributed by atoms with van der Waals surface area (Å²) >= 11 is 0. The van der Waals surface area contributed by atoms with Gasteiger partial charge in [-0.15, -0.1) is 5.10 Å². The van der Waals surface area contributed by atoms with Gasteiger partial charge in [-0.05, 0) is 25.7 Å². The lowest BCUT2D eigenvalue weighted by molar-refractivity contribution is 0.700. The highest BCUT2D eigenvalue weighted by Crippen LogP contribution is 2.17. The van der Waals surface area contributed by atoms with E-state index >= 15 is 0 Å². The lowest BCUT2D eigenvalue weighted by Crippen LogP contribution is -2.19. The molecule has 2 aromatic heterocycles. The van der Waals surface area contributed by atoms with Crippen molar-refractivity contribution in [2.24, 2.45) is 0 Å². The summed E-state index contributed by atoms with van der Waals surface area (Å²) in [6, 6.07) is 0. The highest BCUT2D eigenvalue weighted by Gasteiger charge is 2.17. The molecular weight excluding hydrogens is 216 g/mol. The van der Waals surface area contributed by atoms with Gasteiger partial charge in [0, 0.05) is 12.0 Å². The number of aromatic nitrogens is 4. The number of hydrogen-bond donors (Lipinski definition) is 1. The Kier molecular flexibility index (Phi) is 2.46. The highest BCUT2D eigenvalue weighted by molar-refractivity contribution is 5.33. The Morgan fingerprint density at radius 3 is 2.94 bits per heavy atom. The molecule has 90 valence electrons. The Labute approximate surface area is 98.9 Å². The van der Waals surface area contributed by atoms with Crippen LogP contribution >= 0.6 is 0 Å². The second-order valence-corrected chi connectivity index (χ2v) is 4.56. The van der Waals surface area contributed by atoms with Gasteiger partial charge in [0.15, 0.2) is 5.82 Å². The van der Waals surface area contributed by atoms with Gasteiger partial charge in [0.05, 0.1) is 5.69 Å². The Morgan fingerprint density at radius 1 is 1.29 bits per heavy atom. The number of aryl methyl sites for hydroxylation is 2. The van der Waals surface area contributed by atoms with Crippen LogP contribution in [0.1, 0.15) is 43.3 Å². The van der Waals surface area contributed by atoms with Crippen molar-refractivity contribution >= 4 is 5.78 Å². The summed E-state index contributed by atoms with van der Waals surface area (Å²) in [5, 5.41) is 4.46. The first-order valence-electron chi connectivity index (χ1n) is 6.29. The number of rotatable bonds is 1. The van der Waals surface area contributed by atoms with E-state index in [-0.39, 0.29) is 5.56 Å². The van der Waals surface area contributed by atoms with Crippen LogP contribution in [0.4, 0.5) is 0 Å². The number of aromatic amines is 1. The van der Waals surface area contributed by atoms with E-state index in [2.05, 4.69) is 15.1 Å². The van der Waals surface area contributed by atoms with Crippen LogP contribution < -0.4 is 5.56 Å². The predicted molar refractivity (Wildman–Crippen MR) is 64.2 cm³/mol. The Balaban J connectivity index is 2.31. The zero-order chi connectivity index (χ0) is 11.8. The molecule has 0 amide bonds. The van der Waals surface area contributed by atoms with E-state index < -0.39 is 0 Å². The van der Waals surface area contributed by atoms with E-state index in [1.165, 1.54) is 6.42 Å². The topological polar surface area (TPSA) is 63.0 Å². The van der Waals surface area contributed by atoms with Gasteiger partial charge >= 0.3 is 0 Å². The fourth-order valence-electron chi connectivity index (χ4n) is 2.50. The first-order chi connectivity index (χ1) is 8.29. The van der Waals surface area contributed by atoms with Crippen molar-refractivity contribution in [3.63, 3.8) is 0 Å². The molecule has 0 unspecified atom stereocenters. The van der Waals surface area contributed by atoms with Crippen LogP contribution in [-0.4, -0.2) is 19.6 Å². The van der Waals surface area contributed by atoms with Crippen molar-refractivity contribution < 1.29 is 0 Å². The second-order valence-electron chi connectivity index (χ2n) is 4.56. The van der Waals surface area contributed by atoms with Gasteiger partial charge in [-0.1, -0.05) is 13.3 Å². The molecule has 5 heteroatoms. The standard InChI is InChI=1S/C12H16N4O/c1-2-10-13-12-14-11(17)8-6-4-3-5-7-9(8)16(12)15-10/h2-7H2,1H3,(H,13,14,15,17). The average Bonchev–Trinajstić information content (AvgIpc) is 2.58. The van der Waals surface area contributed by atoms with E-state index in [0.29, 0.717) is 5.78 Å². The lowest BCUT2D eigenvalue weighted by atomic mass is 10.1. The Morgan fingerprint density at radius 2 is 2.12 bits per heavy atom. The number of hydrogen-bond acceptors (Lipinski definition) is 3. The summed E-state index contributed by atoms with van der Waals surface area (Å²) in [6.45, 7) is 2.02. The molecule has 3 rings (SSSR count). The van der Waals surface area contributed by atoms with Crippen LogP contribution in [-0.2, 0) is 19.3 Å². The van der Waals surface area contributed by atoms with Gasteiger partial charge in [0.1, 0.15) is 0 Å². The maximum Gasteiger partial charge on any atom is 0.255 e. The Bertz CT molecular complexity index is 611. The van der Waals surface area contributed by atoms with Crippen LogP contribution in [0.2, 0.25) is 0 Å². The lowest BCUT2D eigenvalue weighted by Gasteiger charge is -2.05. The van der Waals surface area contributed by atoms with Crippen molar-refractivity contribution in [2.75, 3.05) is 0 Å². The first-order valence-corrected chi connectivity index (χ1v) is 6.29. The SMILES string of the molecule is CCc1nc2[nH]c(=O)c3c(n2n1)CCCCC3. The molecule has 0 fully saturated rings. The normalized spacial score (nSPS) is 15.8. The molecule has 0 saturated heterocycles. The van der Waals surface area contributed by atoms with Crippen LogP contribution in [0.15, 0.2) is 4.79 Å². The molecule has 0 aliphatic heterocycles. The zero-order valence-electron chi connectivity index (χ0n) is 9.99. The fraction of sp³-hybridized carbons (Fsp3) is 0.583. The van der Waals surface area contributed by atoms with Crippen molar-refractivity contribution in [2.45, 2.75) is 45.4 Å². The molecule has 1 aliphatic carbocycles. The van der Waals surface area contributed by atoms with Crippen LogP contribution in [0.3, 0.4) is 0 Å². The highest BCUT2D eigenvalue weighted by atomic mass is 16.1. The summed E-state index contributed by atoms with van der Waals surface area (Å²) in [5.41, 5.74) is 1.99. The number of H-pyrrole nitrogens is 1. The minimum Gasteiger partial charge on any atom is -0.291 e. The molecule has 1 N–H and O–H groups in total. The van der Waals surface area contributed by atoms with Gasteiger partial charge in [-0.25, -0.2) is 4.52 Å². The summed E-state index contributed by atoms with van der Waals surface area (Å²) in [6.07, 6.45) is 6.00. The number of fused-ring (bicyclic) bond motifs is 3. The molecular formula is C12H16N4O. The summed E-state index contributed by atoms with van der Waals surface area (Å²) in [4.78, 5) is 19.2. The van der Waals surface area contributed by atoms with Gasteiger partial charge in [-0.3, -0.25) is 9.78 Å². The first kappa shape index (κ1) is 10.5. The Hall–Kier alpha value is -1.65. The van der Waals surface area contributed by atoms with Crippen molar-refractivity contribution in [1.29, 1.82) is 0 Å². The molecule has 17 heavy (non-hydrogen) atoms. The molecule has 2 heterocycles. The molecule has 2 aromatic rings. The summed E-state index contributed by atoms with van der Waals surface area (Å²) in [5.74, 6) is 1.38. The van der Waals surface area contributed by atoms with Crippen molar-refractivity contribution in [3.8, 4) is 0 Å². The summed E-state index contributed by atoms with van der Waals surface area (Å²) in [7, 11) is 0. The maximum atomic E-state index is 12.0. The quantitative estimate of drug-likeness (QED) is 0.753. The smallest absolute Gasteiger partial charge is 0.255 e. The number of nitrogens with zero attached hydrogens (tertiary/aromatic N) is 3. The molecule has 0 radical (unpaired) electrons. The molecule has 0 bridgehead atoms. The maximum absolute atomic E-state index is 12.0. The van der Waals surface area contributed by atoms with E-state index in [4.69, 9.17) is 0 Å². The predicted octanol–water partition coefficient (Wildman–Crippen LogP) is 1.25. The van der Waals surface area contributed by atoms with E-state index in [0.717, 1.165) is 49.2 Å². The van der Waals surface area contributed by atoms with E-state index in [9.17, 15) is 4.79 Å². The molecule has 1 aliphatic rings. The van der Waals surface area contributed by atoms with Crippen molar-refractivity contribution in [3.05, 3.63) is 27.4 Å². The molecule has 0 saturated carbocycles. The number of nitrogens with one attached hydrogen (secondary N) is 1. The largest absolute Gasteiger partial charge is 0.291 e.